The minimum absolute atomic E-state index is 0.102. The lowest BCUT2D eigenvalue weighted by atomic mass is 10.2. The molecule has 0 aliphatic heterocycles. The monoisotopic (exact) mass is 286 g/mol. The van der Waals surface area contributed by atoms with E-state index in [0.717, 1.165) is 5.56 Å². The SMILES string of the molecule is O=C(COc1cccc(C(=O)O)c1)OCc1ccccc1. The van der Waals surface area contributed by atoms with Gasteiger partial charge in [-0.25, -0.2) is 9.59 Å². The highest BCUT2D eigenvalue weighted by Gasteiger charge is 2.07. The summed E-state index contributed by atoms with van der Waals surface area (Å²) in [5.74, 6) is -1.25. The van der Waals surface area contributed by atoms with Crippen LogP contribution in [0, 0.1) is 0 Å². The van der Waals surface area contributed by atoms with Crippen LogP contribution in [0.5, 0.6) is 5.75 Å². The molecule has 2 aromatic rings. The Morgan fingerprint density at radius 2 is 1.76 bits per heavy atom. The van der Waals surface area contributed by atoms with Gasteiger partial charge in [0.25, 0.3) is 0 Å². The standard InChI is InChI=1S/C16H14O5/c17-15(21-10-12-5-2-1-3-6-12)11-20-14-8-4-7-13(9-14)16(18)19/h1-9H,10-11H2,(H,18,19). The Bertz CT molecular complexity index is 622. The van der Waals surface area contributed by atoms with Gasteiger partial charge in [-0.05, 0) is 23.8 Å². The summed E-state index contributed by atoms with van der Waals surface area (Å²) in [5.41, 5.74) is 0.990. The van der Waals surface area contributed by atoms with Gasteiger partial charge in [0, 0.05) is 0 Å². The second-order valence-corrected chi connectivity index (χ2v) is 4.27. The van der Waals surface area contributed by atoms with Crippen molar-refractivity contribution in [2.45, 2.75) is 6.61 Å². The number of benzene rings is 2. The highest BCUT2D eigenvalue weighted by atomic mass is 16.6. The first-order valence-electron chi connectivity index (χ1n) is 6.31. The predicted molar refractivity (Wildman–Crippen MR) is 75.1 cm³/mol. The zero-order chi connectivity index (χ0) is 15.1. The number of ether oxygens (including phenoxy) is 2. The molecule has 0 bridgehead atoms. The summed E-state index contributed by atoms with van der Waals surface area (Å²) in [6.45, 7) is -0.0892. The average Bonchev–Trinajstić information content (AvgIpc) is 2.52. The molecule has 0 aliphatic rings. The third-order valence-corrected chi connectivity index (χ3v) is 2.68. The molecular weight excluding hydrogens is 272 g/mol. The van der Waals surface area contributed by atoms with Crippen LogP contribution in [0.15, 0.2) is 54.6 Å². The summed E-state index contributed by atoms with van der Waals surface area (Å²) >= 11 is 0. The van der Waals surface area contributed by atoms with Crippen molar-refractivity contribution in [3.8, 4) is 5.75 Å². The van der Waals surface area contributed by atoms with Crippen LogP contribution in [0.2, 0.25) is 0 Å². The van der Waals surface area contributed by atoms with Crippen molar-refractivity contribution in [1.29, 1.82) is 0 Å². The van der Waals surface area contributed by atoms with Crippen molar-refractivity contribution in [2.24, 2.45) is 0 Å². The summed E-state index contributed by atoms with van der Waals surface area (Å²) < 4.78 is 10.3. The molecule has 1 N–H and O–H groups in total. The van der Waals surface area contributed by atoms with Gasteiger partial charge in [0.1, 0.15) is 12.4 Å². The molecule has 0 saturated carbocycles. The van der Waals surface area contributed by atoms with Gasteiger partial charge in [0.05, 0.1) is 5.56 Å². The van der Waals surface area contributed by atoms with E-state index in [1.54, 1.807) is 12.1 Å². The van der Waals surface area contributed by atoms with Crippen LogP contribution in [0.4, 0.5) is 0 Å². The Morgan fingerprint density at radius 3 is 2.48 bits per heavy atom. The molecule has 108 valence electrons. The van der Waals surface area contributed by atoms with E-state index in [1.165, 1.54) is 12.1 Å². The van der Waals surface area contributed by atoms with E-state index in [4.69, 9.17) is 14.6 Å². The van der Waals surface area contributed by atoms with Crippen molar-refractivity contribution in [2.75, 3.05) is 6.61 Å². The van der Waals surface area contributed by atoms with E-state index in [-0.39, 0.29) is 18.8 Å². The van der Waals surface area contributed by atoms with Crippen LogP contribution < -0.4 is 4.74 Å². The first-order chi connectivity index (χ1) is 10.1. The van der Waals surface area contributed by atoms with Gasteiger partial charge in [-0.1, -0.05) is 36.4 Å². The normalized spacial score (nSPS) is 9.90. The van der Waals surface area contributed by atoms with Gasteiger partial charge < -0.3 is 14.6 Å². The molecule has 0 saturated heterocycles. The molecule has 0 spiro atoms. The minimum atomic E-state index is -1.05. The molecule has 21 heavy (non-hydrogen) atoms. The van der Waals surface area contributed by atoms with Crippen LogP contribution in [0.1, 0.15) is 15.9 Å². The van der Waals surface area contributed by atoms with Crippen molar-refractivity contribution in [3.63, 3.8) is 0 Å². The van der Waals surface area contributed by atoms with Crippen molar-refractivity contribution < 1.29 is 24.2 Å². The highest BCUT2D eigenvalue weighted by Crippen LogP contribution is 2.13. The molecule has 0 heterocycles. The number of carboxylic acid groups (broad SMARTS) is 1. The topological polar surface area (TPSA) is 72.8 Å². The molecule has 0 unspecified atom stereocenters. The Hall–Kier alpha value is -2.82. The van der Waals surface area contributed by atoms with Gasteiger partial charge in [-0.2, -0.15) is 0 Å². The van der Waals surface area contributed by atoms with Gasteiger partial charge >= 0.3 is 11.9 Å². The number of rotatable bonds is 6. The van der Waals surface area contributed by atoms with Gasteiger partial charge in [0.15, 0.2) is 6.61 Å². The summed E-state index contributed by atoms with van der Waals surface area (Å²) in [6.07, 6.45) is 0. The van der Waals surface area contributed by atoms with E-state index >= 15 is 0 Å². The Balaban J connectivity index is 1.81. The van der Waals surface area contributed by atoms with Crippen LogP contribution >= 0.6 is 0 Å². The van der Waals surface area contributed by atoms with Crippen molar-refractivity contribution >= 4 is 11.9 Å². The zero-order valence-electron chi connectivity index (χ0n) is 11.2. The first-order valence-corrected chi connectivity index (χ1v) is 6.31. The maximum Gasteiger partial charge on any atom is 0.344 e. The summed E-state index contributed by atoms with van der Waals surface area (Å²) in [4.78, 5) is 22.3. The lowest BCUT2D eigenvalue weighted by Crippen LogP contribution is -2.14. The largest absolute Gasteiger partial charge is 0.482 e. The van der Waals surface area contributed by atoms with Crippen molar-refractivity contribution in [1.82, 2.24) is 0 Å². The first kappa shape index (κ1) is 14.6. The smallest absolute Gasteiger partial charge is 0.344 e. The van der Waals surface area contributed by atoms with Crippen molar-refractivity contribution in [3.05, 3.63) is 65.7 Å². The molecule has 2 aromatic carbocycles. The van der Waals surface area contributed by atoms with Crippen LogP contribution in [0.3, 0.4) is 0 Å². The number of aromatic carboxylic acids is 1. The quantitative estimate of drug-likeness (QED) is 0.826. The molecule has 5 heteroatoms. The zero-order valence-corrected chi connectivity index (χ0v) is 11.2. The predicted octanol–water partition coefficient (Wildman–Crippen LogP) is 2.51. The molecule has 0 aliphatic carbocycles. The number of carboxylic acids is 1. The fourth-order valence-electron chi connectivity index (χ4n) is 1.64. The van der Waals surface area contributed by atoms with E-state index < -0.39 is 11.9 Å². The third kappa shape index (κ3) is 4.65. The molecule has 0 aromatic heterocycles. The third-order valence-electron chi connectivity index (χ3n) is 2.68. The lowest BCUT2D eigenvalue weighted by molar-refractivity contribution is -0.147. The lowest BCUT2D eigenvalue weighted by Gasteiger charge is -2.07. The maximum atomic E-state index is 11.5. The van der Waals surface area contributed by atoms with E-state index in [1.807, 2.05) is 30.3 Å². The molecule has 0 radical (unpaired) electrons. The van der Waals surface area contributed by atoms with Gasteiger partial charge in [0.2, 0.25) is 0 Å². The number of esters is 1. The molecule has 0 atom stereocenters. The molecular formula is C16H14O5. The Kier molecular flexibility index (Phi) is 4.93. The van der Waals surface area contributed by atoms with Crippen LogP contribution in [-0.4, -0.2) is 23.7 Å². The summed E-state index contributed by atoms with van der Waals surface area (Å²) in [7, 11) is 0. The number of hydrogen-bond acceptors (Lipinski definition) is 4. The molecule has 0 amide bonds. The fraction of sp³-hybridized carbons (Fsp3) is 0.125. The highest BCUT2D eigenvalue weighted by molar-refractivity contribution is 5.88. The average molecular weight is 286 g/mol. The second kappa shape index (κ2) is 7.09. The second-order valence-electron chi connectivity index (χ2n) is 4.27. The molecule has 5 nitrogen and oxygen atoms in total. The summed E-state index contributed by atoms with van der Waals surface area (Å²) in [6, 6.07) is 15.2. The van der Waals surface area contributed by atoms with Crippen LogP contribution in [0.25, 0.3) is 0 Å². The molecule has 2 rings (SSSR count). The van der Waals surface area contributed by atoms with E-state index in [0.29, 0.717) is 5.75 Å². The Labute approximate surface area is 121 Å². The van der Waals surface area contributed by atoms with E-state index in [9.17, 15) is 9.59 Å². The minimum Gasteiger partial charge on any atom is -0.482 e. The van der Waals surface area contributed by atoms with Gasteiger partial charge in [-0.15, -0.1) is 0 Å². The number of hydrogen-bond donors (Lipinski definition) is 1. The van der Waals surface area contributed by atoms with E-state index in [2.05, 4.69) is 0 Å². The number of carbonyl (C=O) groups excluding carboxylic acids is 1. The van der Waals surface area contributed by atoms with Crippen LogP contribution in [-0.2, 0) is 16.1 Å². The molecule has 0 fully saturated rings. The maximum absolute atomic E-state index is 11.5. The van der Waals surface area contributed by atoms with Gasteiger partial charge in [-0.3, -0.25) is 0 Å². The number of carbonyl (C=O) groups is 2. The fourth-order valence-corrected chi connectivity index (χ4v) is 1.64. The Morgan fingerprint density at radius 1 is 1.00 bits per heavy atom. The summed E-state index contributed by atoms with van der Waals surface area (Å²) in [5, 5.41) is 8.85.